The number of aromatic nitrogens is 4. The lowest BCUT2D eigenvalue weighted by Gasteiger charge is -2.32. The Hall–Kier alpha value is -2.28. The molecule has 1 N–H and O–H groups in total. The van der Waals surface area contributed by atoms with Crippen LogP contribution >= 0.6 is 11.3 Å². The summed E-state index contributed by atoms with van der Waals surface area (Å²) < 4.78 is 0. The molecule has 24 heavy (non-hydrogen) atoms. The van der Waals surface area contributed by atoms with E-state index >= 15 is 0 Å². The smallest absolute Gasteiger partial charge is 0.253 e. The molecule has 0 bridgehead atoms. The molecule has 1 amide bonds. The lowest BCUT2D eigenvalue weighted by atomic mass is 9.98. The number of nitrogens with one attached hydrogen (secondary N) is 1. The van der Waals surface area contributed by atoms with Gasteiger partial charge in [-0.1, -0.05) is 6.92 Å². The summed E-state index contributed by atoms with van der Waals surface area (Å²) in [6, 6.07) is 5.47. The SMILES string of the molecule is CCc1csc([C@@H]2CCCN(C(=O)c3ccc4n[nH]nc4c3)C2)n1. The summed E-state index contributed by atoms with van der Waals surface area (Å²) in [7, 11) is 0. The first-order valence-corrected chi connectivity index (χ1v) is 9.16. The van der Waals surface area contributed by atoms with Gasteiger partial charge in [0.1, 0.15) is 11.0 Å². The molecule has 3 heterocycles. The number of piperidine rings is 1. The van der Waals surface area contributed by atoms with Crippen LogP contribution in [0.2, 0.25) is 0 Å². The van der Waals surface area contributed by atoms with Crippen LogP contribution in [0.1, 0.15) is 46.7 Å². The van der Waals surface area contributed by atoms with Crippen LogP contribution in [0, 0.1) is 0 Å². The van der Waals surface area contributed by atoms with E-state index in [0.29, 0.717) is 11.5 Å². The van der Waals surface area contributed by atoms with Crippen LogP contribution in [0.5, 0.6) is 0 Å². The summed E-state index contributed by atoms with van der Waals surface area (Å²) in [4.78, 5) is 19.5. The van der Waals surface area contributed by atoms with E-state index in [4.69, 9.17) is 4.98 Å². The van der Waals surface area contributed by atoms with E-state index in [1.165, 1.54) is 0 Å². The summed E-state index contributed by atoms with van der Waals surface area (Å²) in [5, 5.41) is 14.0. The van der Waals surface area contributed by atoms with E-state index in [-0.39, 0.29) is 5.91 Å². The fraction of sp³-hybridized carbons (Fsp3) is 0.412. The van der Waals surface area contributed by atoms with Gasteiger partial charge in [0.25, 0.3) is 5.91 Å². The van der Waals surface area contributed by atoms with Gasteiger partial charge in [0.2, 0.25) is 0 Å². The number of H-pyrrole nitrogens is 1. The zero-order valence-corrected chi connectivity index (χ0v) is 14.3. The molecule has 0 radical (unpaired) electrons. The highest BCUT2D eigenvalue weighted by Crippen LogP contribution is 2.30. The largest absolute Gasteiger partial charge is 0.338 e. The minimum Gasteiger partial charge on any atom is -0.338 e. The minimum absolute atomic E-state index is 0.0665. The Balaban J connectivity index is 1.53. The number of aromatic amines is 1. The van der Waals surface area contributed by atoms with Crippen molar-refractivity contribution in [1.29, 1.82) is 0 Å². The number of carbonyl (C=O) groups excluding carboxylic acids is 1. The second-order valence-corrected chi connectivity index (χ2v) is 7.04. The number of hydrogen-bond donors (Lipinski definition) is 1. The summed E-state index contributed by atoms with van der Waals surface area (Å²) in [6.07, 6.45) is 3.08. The van der Waals surface area contributed by atoms with E-state index in [0.717, 1.165) is 54.1 Å². The molecule has 1 atom stereocenters. The first-order chi connectivity index (χ1) is 11.7. The average Bonchev–Trinajstić information content (AvgIpc) is 3.29. The number of amides is 1. The molecule has 0 saturated carbocycles. The number of fused-ring (bicyclic) bond motifs is 1. The molecule has 1 aromatic carbocycles. The Bertz CT molecular complexity index is 871. The van der Waals surface area contributed by atoms with Crippen LogP contribution in [0.3, 0.4) is 0 Å². The van der Waals surface area contributed by atoms with Crippen molar-refractivity contribution in [2.45, 2.75) is 32.1 Å². The highest BCUT2D eigenvalue weighted by atomic mass is 32.1. The zero-order valence-electron chi connectivity index (χ0n) is 13.5. The van der Waals surface area contributed by atoms with Crippen molar-refractivity contribution in [2.24, 2.45) is 0 Å². The van der Waals surface area contributed by atoms with Gasteiger partial charge in [0.15, 0.2) is 0 Å². The van der Waals surface area contributed by atoms with E-state index in [1.54, 1.807) is 11.3 Å². The van der Waals surface area contributed by atoms with Crippen molar-refractivity contribution in [3.63, 3.8) is 0 Å². The lowest BCUT2D eigenvalue weighted by Crippen LogP contribution is -2.39. The quantitative estimate of drug-likeness (QED) is 0.795. The predicted octanol–water partition coefficient (Wildman–Crippen LogP) is 3.00. The Morgan fingerprint density at radius 1 is 1.38 bits per heavy atom. The number of nitrogens with zero attached hydrogens (tertiary/aromatic N) is 4. The summed E-state index contributed by atoms with van der Waals surface area (Å²) in [5.74, 6) is 0.417. The van der Waals surface area contributed by atoms with Crippen molar-refractivity contribution in [3.8, 4) is 0 Å². The fourth-order valence-electron chi connectivity index (χ4n) is 3.19. The third-order valence-electron chi connectivity index (χ3n) is 4.55. The van der Waals surface area contributed by atoms with Crippen molar-refractivity contribution in [1.82, 2.24) is 25.3 Å². The number of likely N-dealkylation sites (tertiary alicyclic amines) is 1. The predicted molar refractivity (Wildman–Crippen MR) is 93.3 cm³/mol. The van der Waals surface area contributed by atoms with Crippen LogP contribution in [-0.2, 0) is 6.42 Å². The Kier molecular flexibility index (Phi) is 4.02. The van der Waals surface area contributed by atoms with Gasteiger partial charge >= 0.3 is 0 Å². The van der Waals surface area contributed by atoms with Crippen LogP contribution in [0.15, 0.2) is 23.6 Å². The molecule has 6 nitrogen and oxygen atoms in total. The molecule has 1 fully saturated rings. The normalized spacial score (nSPS) is 18.2. The Morgan fingerprint density at radius 3 is 3.08 bits per heavy atom. The van der Waals surface area contributed by atoms with Crippen LogP contribution in [0.4, 0.5) is 0 Å². The van der Waals surface area contributed by atoms with Crippen LogP contribution in [0.25, 0.3) is 11.0 Å². The monoisotopic (exact) mass is 341 g/mol. The first-order valence-electron chi connectivity index (χ1n) is 8.28. The molecule has 1 saturated heterocycles. The molecule has 2 aromatic heterocycles. The van der Waals surface area contributed by atoms with E-state index in [2.05, 4.69) is 27.7 Å². The molecule has 1 aliphatic heterocycles. The molecule has 4 rings (SSSR count). The maximum Gasteiger partial charge on any atom is 0.253 e. The van der Waals surface area contributed by atoms with Gasteiger partial charge in [-0.05, 0) is 37.5 Å². The molecule has 0 aliphatic carbocycles. The number of rotatable bonds is 3. The third kappa shape index (κ3) is 2.80. The maximum absolute atomic E-state index is 12.9. The number of aryl methyl sites for hydroxylation is 1. The Morgan fingerprint density at radius 2 is 2.25 bits per heavy atom. The molecule has 3 aromatic rings. The van der Waals surface area contributed by atoms with E-state index in [1.807, 2.05) is 23.1 Å². The van der Waals surface area contributed by atoms with Gasteiger partial charge in [0, 0.05) is 30.0 Å². The van der Waals surface area contributed by atoms with Gasteiger partial charge in [-0.2, -0.15) is 15.4 Å². The molecular weight excluding hydrogens is 322 g/mol. The second kappa shape index (κ2) is 6.32. The molecule has 7 heteroatoms. The Labute approximate surface area is 143 Å². The highest BCUT2D eigenvalue weighted by Gasteiger charge is 2.27. The fourth-order valence-corrected chi connectivity index (χ4v) is 4.22. The second-order valence-electron chi connectivity index (χ2n) is 6.15. The van der Waals surface area contributed by atoms with Crippen molar-refractivity contribution in [2.75, 3.05) is 13.1 Å². The number of thiazole rings is 1. The molecule has 0 unspecified atom stereocenters. The maximum atomic E-state index is 12.9. The molecule has 0 spiro atoms. The molecule has 1 aliphatic rings. The van der Waals surface area contributed by atoms with Gasteiger partial charge < -0.3 is 4.90 Å². The average molecular weight is 341 g/mol. The number of carbonyl (C=O) groups is 1. The van der Waals surface area contributed by atoms with Gasteiger partial charge in [0.05, 0.1) is 10.7 Å². The first kappa shape index (κ1) is 15.3. The van der Waals surface area contributed by atoms with Crippen LogP contribution < -0.4 is 0 Å². The van der Waals surface area contributed by atoms with Crippen LogP contribution in [-0.4, -0.2) is 44.3 Å². The number of hydrogen-bond acceptors (Lipinski definition) is 5. The van der Waals surface area contributed by atoms with Gasteiger partial charge in [-0.15, -0.1) is 11.3 Å². The third-order valence-corrected chi connectivity index (χ3v) is 5.61. The number of benzene rings is 1. The standard InChI is InChI=1S/C17H19N5OS/c1-2-13-10-24-16(18-13)12-4-3-7-22(9-12)17(23)11-5-6-14-15(8-11)20-21-19-14/h5-6,8,10,12H,2-4,7,9H2,1H3,(H,19,20,21)/t12-/m1/s1. The summed E-state index contributed by atoms with van der Waals surface area (Å²) in [6.45, 7) is 3.67. The zero-order chi connectivity index (χ0) is 16.5. The lowest BCUT2D eigenvalue weighted by molar-refractivity contribution is 0.0707. The minimum atomic E-state index is 0.0665. The van der Waals surface area contributed by atoms with Gasteiger partial charge in [-0.3, -0.25) is 4.79 Å². The van der Waals surface area contributed by atoms with E-state index < -0.39 is 0 Å². The summed E-state index contributed by atoms with van der Waals surface area (Å²) in [5.41, 5.74) is 3.32. The summed E-state index contributed by atoms with van der Waals surface area (Å²) >= 11 is 1.72. The molecule has 124 valence electrons. The van der Waals surface area contributed by atoms with Crippen molar-refractivity contribution >= 4 is 28.3 Å². The van der Waals surface area contributed by atoms with Crippen molar-refractivity contribution in [3.05, 3.63) is 39.8 Å². The topological polar surface area (TPSA) is 74.8 Å². The highest BCUT2D eigenvalue weighted by molar-refractivity contribution is 7.09. The molecular formula is C17H19N5OS. The van der Waals surface area contributed by atoms with Gasteiger partial charge in [-0.25, -0.2) is 4.98 Å². The van der Waals surface area contributed by atoms with Crippen molar-refractivity contribution < 1.29 is 4.79 Å². The van der Waals surface area contributed by atoms with E-state index in [9.17, 15) is 4.79 Å².